The summed E-state index contributed by atoms with van der Waals surface area (Å²) >= 11 is 15.0. The number of benzene rings is 1. The molecular formula is C9H4BrCl2N. The first kappa shape index (κ1) is 9.25. The van der Waals surface area contributed by atoms with Gasteiger partial charge in [0.15, 0.2) is 0 Å². The predicted molar refractivity (Wildman–Crippen MR) is 59.5 cm³/mol. The Bertz CT molecular complexity index is 470. The monoisotopic (exact) mass is 275 g/mol. The average molecular weight is 277 g/mol. The Kier molecular flexibility index (Phi) is 2.45. The fraction of sp³-hybridized carbons (Fsp3) is 0. The second-order valence-electron chi connectivity index (χ2n) is 2.60. The van der Waals surface area contributed by atoms with Crippen molar-refractivity contribution in [3.63, 3.8) is 0 Å². The number of fused-ring (bicyclic) bond motifs is 1. The zero-order chi connectivity index (χ0) is 9.42. The Labute approximate surface area is 93.8 Å². The molecule has 0 unspecified atom stereocenters. The molecule has 0 saturated heterocycles. The van der Waals surface area contributed by atoms with Gasteiger partial charge in [0.2, 0.25) is 0 Å². The highest BCUT2D eigenvalue weighted by atomic mass is 79.9. The zero-order valence-electron chi connectivity index (χ0n) is 6.39. The molecule has 66 valence electrons. The van der Waals surface area contributed by atoms with Gasteiger partial charge in [-0.25, -0.2) is 4.98 Å². The molecule has 0 radical (unpaired) electrons. The maximum atomic E-state index is 5.93. The van der Waals surface area contributed by atoms with E-state index in [2.05, 4.69) is 20.9 Å². The number of rotatable bonds is 0. The van der Waals surface area contributed by atoms with Crippen LogP contribution >= 0.6 is 39.1 Å². The van der Waals surface area contributed by atoms with E-state index in [1.807, 2.05) is 18.2 Å². The van der Waals surface area contributed by atoms with Crippen molar-refractivity contribution in [1.82, 2.24) is 4.98 Å². The second-order valence-corrected chi connectivity index (χ2v) is 4.21. The molecule has 0 fully saturated rings. The molecule has 1 heterocycles. The summed E-state index contributed by atoms with van der Waals surface area (Å²) in [5, 5.41) is 3.03. The van der Waals surface area contributed by atoms with Gasteiger partial charge >= 0.3 is 0 Å². The van der Waals surface area contributed by atoms with Gasteiger partial charge in [0.25, 0.3) is 0 Å². The lowest BCUT2D eigenvalue weighted by Crippen LogP contribution is -1.80. The van der Waals surface area contributed by atoms with Gasteiger partial charge < -0.3 is 0 Å². The number of pyridine rings is 1. The van der Waals surface area contributed by atoms with Crippen LogP contribution in [0.25, 0.3) is 10.8 Å². The summed E-state index contributed by atoms with van der Waals surface area (Å²) in [4.78, 5) is 4.07. The fourth-order valence-electron chi connectivity index (χ4n) is 1.15. The van der Waals surface area contributed by atoms with Crippen LogP contribution < -0.4 is 0 Å². The Morgan fingerprint density at radius 2 is 1.92 bits per heavy atom. The van der Waals surface area contributed by atoms with Gasteiger partial charge in [-0.1, -0.05) is 29.3 Å². The van der Waals surface area contributed by atoms with Gasteiger partial charge in [0.05, 0.1) is 0 Å². The summed E-state index contributed by atoms with van der Waals surface area (Å²) in [5.74, 6) is 0. The molecule has 13 heavy (non-hydrogen) atoms. The summed E-state index contributed by atoms with van der Waals surface area (Å²) in [7, 11) is 0. The first-order chi connectivity index (χ1) is 6.16. The van der Waals surface area contributed by atoms with Gasteiger partial charge in [0, 0.05) is 10.4 Å². The van der Waals surface area contributed by atoms with E-state index in [0.717, 1.165) is 15.4 Å². The molecule has 0 amide bonds. The summed E-state index contributed by atoms with van der Waals surface area (Å²) in [6.07, 6.45) is 0. The van der Waals surface area contributed by atoms with Gasteiger partial charge in [-0.15, -0.1) is 0 Å². The largest absolute Gasteiger partial charge is 0.229 e. The summed E-state index contributed by atoms with van der Waals surface area (Å²) < 4.78 is 0.729. The van der Waals surface area contributed by atoms with E-state index in [4.69, 9.17) is 23.2 Å². The lowest BCUT2D eigenvalue weighted by atomic mass is 10.2. The lowest BCUT2D eigenvalue weighted by Gasteiger charge is -2.00. The standard InChI is InChI=1S/C9H4BrCl2N/c10-8-3-5-1-2-6(11)4-7(5)9(12)13-8/h1-4H. The molecule has 2 rings (SSSR count). The maximum absolute atomic E-state index is 5.93. The molecule has 0 aliphatic carbocycles. The van der Waals surface area contributed by atoms with Crippen molar-refractivity contribution in [2.45, 2.75) is 0 Å². The molecular weight excluding hydrogens is 273 g/mol. The molecule has 0 atom stereocenters. The van der Waals surface area contributed by atoms with Crippen molar-refractivity contribution >= 4 is 49.9 Å². The van der Waals surface area contributed by atoms with Crippen LogP contribution in [0.1, 0.15) is 0 Å². The number of hydrogen-bond donors (Lipinski definition) is 0. The summed E-state index contributed by atoms with van der Waals surface area (Å²) in [6, 6.07) is 7.44. The van der Waals surface area contributed by atoms with Crippen LogP contribution in [0, 0.1) is 0 Å². The molecule has 0 aliphatic heterocycles. The van der Waals surface area contributed by atoms with Crippen LogP contribution in [0.15, 0.2) is 28.9 Å². The van der Waals surface area contributed by atoms with Gasteiger partial charge in [0.1, 0.15) is 9.76 Å². The minimum absolute atomic E-state index is 0.465. The number of hydrogen-bond acceptors (Lipinski definition) is 1. The third-order valence-corrected chi connectivity index (χ3v) is 2.65. The average Bonchev–Trinajstić information content (AvgIpc) is 2.06. The van der Waals surface area contributed by atoms with Gasteiger partial charge in [-0.3, -0.25) is 0 Å². The zero-order valence-corrected chi connectivity index (χ0v) is 9.49. The van der Waals surface area contributed by atoms with Gasteiger partial charge in [-0.05, 0) is 39.5 Å². The molecule has 4 heteroatoms. The van der Waals surface area contributed by atoms with Crippen LogP contribution in [0.2, 0.25) is 10.2 Å². The molecule has 0 aliphatic rings. The maximum Gasteiger partial charge on any atom is 0.138 e. The fourth-order valence-corrected chi connectivity index (χ4v) is 2.10. The molecule has 1 aromatic carbocycles. The van der Waals surface area contributed by atoms with Crippen molar-refractivity contribution in [2.75, 3.05) is 0 Å². The number of halogens is 3. The third-order valence-electron chi connectivity index (χ3n) is 1.72. The Morgan fingerprint density at radius 3 is 2.69 bits per heavy atom. The van der Waals surface area contributed by atoms with E-state index in [-0.39, 0.29) is 0 Å². The molecule has 2 aromatic rings. The van der Waals surface area contributed by atoms with Crippen molar-refractivity contribution in [3.05, 3.63) is 39.0 Å². The van der Waals surface area contributed by atoms with Gasteiger partial charge in [-0.2, -0.15) is 0 Å². The normalized spacial score (nSPS) is 10.7. The molecule has 0 bridgehead atoms. The SMILES string of the molecule is Clc1ccc2cc(Br)nc(Cl)c2c1. The number of nitrogens with zero attached hydrogens (tertiary/aromatic N) is 1. The van der Waals surface area contributed by atoms with E-state index in [9.17, 15) is 0 Å². The van der Waals surface area contributed by atoms with Crippen molar-refractivity contribution in [1.29, 1.82) is 0 Å². The quantitative estimate of drug-likeness (QED) is 0.654. The Balaban J connectivity index is 2.87. The van der Waals surface area contributed by atoms with Crippen molar-refractivity contribution in [2.24, 2.45) is 0 Å². The Hall–Kier alpha value is -0.310. The van der Waals surface area contributed by atoms with Crippen molar-refractivity contribution < 1.29 is 0 Å². The molecule has 0 N–H and O–H groups in total. The summed E-state index contributed by atoms with van der Waals surface area (Å²) in [6.45, 7) is 0. The highest BCUT2D eigenvalue weighted by Crippen LogP contribution is 2.27. The van der Waals surface area contributed by atoms with Crippen LogP contribution in [-0.2, 0) is 0 Å². The number of aromatic nitrogens is 1. The van der Waals surface area contributed by atoms with Crippen molar-refractivity contribution in [3.8, 4) is 0 Å². The van der Waals surface area contributed by atoms with Crippen LogP contribution in [-0.4, -0.2) is 4.98 Å². The van der Waals surface area contributed by atoms with E-state index in [1.54, 1.807) is 6.07 Å². The first-order valence-corrected chi connectivity index (χ1v) is 5.13. The molecule has 1 nitrogen and oxygen atoms in total. The lowest BCUT2D eigenvalue weighted by molar-refractivity contribution is 1.31. The molecule has 0 saturated carbocycles. The summed E-state index contributed by atoms with van der Waals surface area (Å²) in [5.41, 5.74) is 0. The van der Waals surface area contributed by atoms with Crippen LogP contribution in [0.5, 0.6) is 0 Å². The van der Waals surface area contributed by atoms with E-state index in [1.165, 1.54) is 0 Å². The molecule has 0 spiro atoms. The predicted octanol–water partition coefficient (Wildman–Crippen LogP) is 4.30. The second kappa shape index (κ2) is 3.45. The minimum atomic E-state index is 0.465. The topological polar surface area (TPSA) is 12.9 Å². The van der Waals surface area contributed by atoms with Crippen LogP contribution in [0.3, 0.4) is 0 Å². The minimum Gasteiger partial charge on any atom is -0.229 e. The third kappa shape index (κ3) is 1.80. The smallest absolute Gasteiger partial charge is 0.138 e. The van der Waals surface area contributed by atoms with E-state index < -0.39 is 0 Å². The van der Waals surface area contributed by atoms with E-state index >= 15 is 0 Å². The van der Waals surface area contributed by atoms with Crippen LogP contribution in [0.4, 0.5) is 0 Å². The van der Waals surface area contributed by atoms with E-state index in [0.29, 0.717) is 10.2 Å². The first-order valence-electron chi connectivity index (χ1n) is 3.58. The highest BCUT2D eigenvalue weighted by Gasteiger charge is 2.02. The molecule has 1 aromatic heterocycles. The Morgan fingerprint density at radius 1 is 1.15 bits per heavy atom. The highest BCUT2D eigenvalue weighted by molar-refractivity contribution is 9.10.